The second kappa shape index (κ2) is 20.6. The van der Waals surface area contributed by atoms with Gasteiger partial charge in [0, 0.05) is 16.8 Å². The number of benzene rings is 8. The van der Waals surface area contributed by atoms with Crippen molar-refractivity contribution < 1.29 is 97.9 Å². The highest BCUT2D eigenvalue weighted by Gasteiger charge is 2.30. The van der Waals surface area contributed by atoms with Crippen molar-refractivity contribution in [1.82, 2.24) is 0 Å². The van der Waals surface area contributed by atoms with Gasteiger partial charge in [-0.05, 0) is 95.0 Å². The lowest BCUT2D eigenvalue weighted by molar-refractivity contribution is 0.412. The number of fused-ring (bicyclic) bond motifs is 3. The van der Waals surface area contributed by atoms with E-state index in [1.165, 1.54) is 25.3 Å². The molecule has 0 atom stereocenters. The number of nitrogen functional groups attached to an aromatic ring is 1. The van der Waals surface area contributed by atoms with E-state index >= 15 is 0 Å². The summed E-state index contributed by atoms with van der Waals surface area (Å²) in [6.07, 6.45) is 0. The SMILES string of the molecule is COc1ccc(N=Nc2c(S(=O)(=O)O)cc3ccc(N=Nc4c(S(=O)(=O)O)cc5cc(S(=O)(=O)O)c(N=Nc6ccc7c(O)c(N=Nc8ccccc8S(=O)(=O)O)c(S(=O)(=O)O)cc7c6)c(O)c5c4N)cc3c2O)c(S(=O)(=O)O)c1. The van der Waals surface area contributed by atoms with E-state index in [4.69, 9.17) is 10.5 Å². The summed E-state index contributed by atoms with van der Waals surface area (Å²) in [5.41, 5.74) is -0.177. The molecule has 0 saturated carbocycles. The van der Waals surface area contributed by atoms with E-state index in [2.05, 4.69) is 40.9 Å². The maximum atomic E-state index is 12.8. The second-order valence-corrected chi connectivity index (χ2v) is 24.6. The average Bonchev–Trinajstić information content (AvgIpc) is 3.57. The van der Waals surface area contributed by atoms with Gasteiger partial charge in [0.25, 0.3) is 60.7 Å². The van der Waals surface area contributed by atoms with Crippen molar-refractivity contribution in [3.05, 3.63) is 103 Å². The van der Waals surface area contributed by atoms with Gasteiger partial charge in [-0.3, -0.25) is 27.3 Å². The highest BCUT2D eigenvalue weighted by molar-refractivity contribution is 7.87. The van der Waals surface area contributed by atoms with Crippen LogP contribution in [0.5, 0.6) is 23.0 Å². The lowest BCUT2D eigenvalue weighted by atomic mass is 10.0. The van der Waals surface area contributed by atoms with Crippen LogP contribution in [0.1, 0.15) is 0 Å². The number of ether oxygens (including phenoxy) is 1. The molecule has 37 heteroatoms. The van der Waals surface area contributed by atoms with Crippen LogP contribution in [0, 0.1) is 0 Å². The Morgan fingerprint density at radius 3 is 1.34 bits per heavy atom. The average molecular weight is 1220 g/mol. The maximum Gasteiger partial charge on any atom is 0.296 e. The summed E-state index contributed by atoms with van der Waals surface area (Å²) < 4.78 is 214. The van der Waals surface area contributed by atoms with Gasteiger partial charge in [-0.1, -0.05) is 18.2 Å². The normalized spacial score (nSPS) is 13.3. The molecule has 0 spiro atoms. The molecule has 0 aliphatic rings. The van der Waals surface area contributed by atoms with E-state index in [-0.39, 0.29) is 38.7 Å². The molecule has 8 rings (SSSR count). The first-order valence-corrected chi connectivity index (χ1v) is 29.7. The predicted octanol–water partition coefficient (Wildman–Crippen LogP) is 9.00. The quantitative estimate of drug-likeness (QED) is 0.0260. The molecule has 31 nitrogen and oxygen atoms in total. The van der Waals surface area contributed by atoms with Gasteiger partial charge in [0.2, 0.25) is 0 Å². The fourth-order valence-electron chi connectivity index (χ4n) is 7.58. The molecule has 0 saturated heterocycles. The third-order valence-electron chi connectivity index (χ3n) is 11.1. The predicted molar refractivity (Wildman–Crippen MR) is 276 cm³/mol. The highest BCUT2D eigenvalue weighted by atomic mass is 32.2. The number of rotatable bonds is 15. The molecule has 0 unspecified atom stereocenters. The van der Waals surface area contributed by atoms with Crippen molar-refractivity contribution in [1.29, 1.82) is 0 Å². The number of phenolic OH excluding ortho intramolecular Hbond substituents is 3. The van der Waals surface area contributed by atoms with Crippen LogP contribution in [0.25, 0.3) is 32.3 Å². The minimum absolute atomic E-state index is 0.0600. The van der Waals surface area contributed by atoms with Crippen molar-refractivity contribution in [2.45, 2.75) is 29.4 Å². The summed E-state index contributed by atoms with van der Waals surface area (Å²) in [4.78, 5) is -6.17. The molecule has 0 aliphatic carbocycles. The molecule has 0 radical (unpaired) electrons. The molecule has 0 amide bonds. The summed E-state index contributed by atoms with van der Waals surface area (Å²) in [6.45, 7) is 0. The summed E-state index contributed by atoms with van der Waals surface area (Å²) in [7, 11) is -30.1. The van der Waals surface area contributed by atoms with Crippen molar-refractivity contribution in [2.75, 3.05) is 12.8 Å². The van der Waals surface area contributed by atoms with Gasteiger partial charge in [0.1, 0.15) is 69.2 Å². The number of methoxy groups -OCH3 is 1. The van der Waals surface area contributed by atoms with E-state index in [9.17, 15) is 93.1 Å². The highest BCUT2D eigenvalue weighted by Crippen LogP contribution is 2.50. The fraction of sp³-hybridized carbons (Fsp3) is 0.0233. The minimum Gasteiger partial charge on any atom is -0.505 e. The monoisotopic (exact) mass is 1220 g/mol. The Balaban J connectivity index is 1.23. The molecule has 416 valence electrons. The maximum absolute atomic E-state index is 12.8. The molecule has 8 aromatic carbocycles. The topological polar surface area (TPSA) is 521 Å². The number of phenols is 3. The second-order valence-electron chi connectivity index (χ2n) is 16.2. The third kappa shape index (κ3) is 11.6. The Kier molecular flexibility index (Phi) is 14.8. The van der Waals surface area contributed by atoms with E-state index in [1.54, 1.807) is 0 Å². The van der Waals surface area contributed by atoms with E-state index < -0.39 is 158 Å². The Morgan fingerprint density at radius 1 is 0.375 bits per heavy atom. The zero-order valence-corrected chi connectivity index (χ0v) is 44.2. The number of hydrogen-bond acceptors (Lipinski definition) is 25. The first-order valence-electron chi connectivity index (χ1n) is 21.1. The van der Waals surface area contributed by atoms with Gasteiger partial charge in [-0.15, -0.1) is 30.7 Å². The lowest BCUT2D eigenvalue weighted by Crippen LogP contribution is -2.03. The zero-order chi connectivity index (χ0) is 58.8. The number of azo groups is 4. The Labute approximate surface area is 448 Å². The smallest absolute Gasteiger partial charge is 0.296 e. The third-order valence-corrected chi connectivity index (χ3v) is 16.4. The number of hydrogen-bond donors (Lipinski definition) is 10. The van der Waals surface area contributed by atoms with Crippen LogP contribution in [0.15, 0.2) is 173 Å². The molecular weight excluding hydrogens is 1190 g/mol. The van der Waals surface area contributed by atoms with Crippen LogP contribution in [0.4, 0.5) is 51.2 Å². The molecule has 0 heterocycles. The molecular formula is C43H31N9O22S6. The van der Waals surface area contributed by atoms with Gasteiger partial charge in [0.05, 0.1) is 29.6 Å². The number of nitrogens with two attached hydrogens (primary N) is 1. The summed E-state index contributed by atoms with van der Waals surface area (Å²) in [5, 5.41) is 61.8. The van der Waals surface area contributed by atoms with Crippen molar-refractivity contribution in [3.8, 4) is 23.0 Å². The minimum atomic E-state index is -5.46. The Morgan fingerprint density at radius 2 is 0.800 bits per heavy atom. The number of nitrogens with zero attached hydrogens (tertiary/aromatic N) is 8. The standard InChI is InChI=1S/C43H31N9O22S6/c1-74-24-9-11-28(30(18-24)76(59,60)61)48-52-39-32(78(65,66)67)13-19-6-7-23(17-26(19)42(39)54)46-49-37-31(77(62,63)64)15-21-16-34(80(71,72)73)40(43(55)35(21)36(37)44)50-45-22-8-10-25-20(12-22)14-33(79(68,69)70)38(41(25)53)51-47-27-4-2-3-5-29(27)75(56,57)58/h2-18,53-55H,44H2,1H3,(H,56,57,58)(H,59,60,61)(H,62,63,64)(H,65,66,67)(H,68,69,70)(H,71,72,73). The Hall–Kier alpha value is -8.60. The molecule has 0 bridgehead atoms. The van der Waals surface area contributed by atoms with Gasteiger partial charge in [-0.25, -0.2) is 0 Å². The van der Waals surface area contributed by atoms with E-state index in [0.29, 0.717) is 12.1 Å². The molecule has 0 fully saturated rings. The van der Waals surface area contributed by atoms with Crippen molar-refractivity contribution in [3.63, 3.8) is 0 Å². The van der Waals surface area contributed by atoms with Gasteiger partial charge in [-0.2, -0.15) is 60.7 Å². The molecule has 11 N–H and O–H groups in total. The van der Waals surface area contributed by atoms with Crippen molar-refractivity contribution in [2.24, 2.45) is 40.9 Å². The molecule has 0 aliphatic heterocycles. The first kappa shape index (κ1) is 57.6. The largest absolute Gasteiger partial charge is 0.505 e. The number of anilines is 1. The molecule has 8 aromatic rings. The zero-order valence-electron chi connectivity index (χ0n) is 39.3. The van der Waals surface area contributed by atoms with Crippen LogP contribution in [-0.4, -0.2) is 100 Å². The summed E-state index contributed by atoms with van der Waals surface area (Å²) >= 11 is 0. The van der Waals surface area contributed by atoms with Gasteiger partial charge in [0.15, 0.2) is 17.2 Å². The lowest BCUT2D eigenvalue weighted by Gasteiger charge is -2.14. The molecule has 0 aromatic heterocycles. The van der Waals surface area contributed by atoms with Crippen LogP contribution in [-0.2, 0) is 60.7 Å². The fourth-order valence-corrected chi connectivity index (χ4v) is 11.5. The molecule has 80 heavy (non-hydrogen) atoms. The van der Waals surface area contributed by atoms with Gasteiger partial charge < -0.3 is 25.8 Å². The van der Waals surface area contributed by atoms with Crippen molar-refractivity contribution >= 4 is 144 Å². The van der Waals surface area contributed by atoms with Crippen LogP contribution in [0.3, 0.4) is 0 Å². The Bertz CT molecular complexity index is 4870. The summed E-state index contributed by atoms with van der Waals surface area (Å²) in [6, 6.07) is 16.6. The van der Waals surface area contributed by atoms with E-state index in [1.807, 2.05) is 0 Å². The first-order chi connectivity index (χ1) is 37.1. The van der Waals surface area contributed by atoms with Crippen LogP contribution in [0.2, 0.25) is 0 Å². The van der Waals surface area contributed by atoms with Crippen LogP contribution < -0.4 is 10.5 Å². The number of aromatic hydroxyl groups is 3. The van der Waals surface area contributed by atoms with Gasteiger partial charge >= 0.3 is 0 Å². The summed E-state index contributed by atoms with van der Waals surface area (Å²) in [5.74, 6) is -3.29. The van der Waals surface area contributed by atoms with E-state index in [0.717, 1.165) is 72.8 Å². The van der Waals surface area contributed by atoms with Crippen LogP contribution >= 0.6 is 0 Å².